The Morgan fingerprint density at radius 2 is 2.31 bits per heavy atom. The number of hydrogen-bond donors (Lipinski definition) is 3. The number of aliphatic carboxylic acids is 1. The first-order valence-electron chi connectivity index (χ1n) is 3.71. The van der Waals surface area contributed by atoms with Gasteiger partial charge in [-0.1, -0.05) is 0 Å². The molecule has 0 aliphatic heterocycles. The second-order valence-electron chi connectivity index (χ2n) is 2.93. The fourth-order valence-electron chi connectivity index (χ4n) is 0.847. The second kappa shape index (κ2) is 3.20. The summed E-state index contributed by atoms with van der Waals surface area (Å²) < 4.78 is 5.00. The molecular weight excluding hydrogens is 174 g/mol. The molecule has 0 saturated carbocycles. The molecule has 1 rings (SSSR count). The van der Waals surface area contributed by atoms with Gasteiger partial charge >= 0.3 is 5.97 Å². The van der Waals surface area contributed by atoms with Crippen LogP contribution in [-0.2, 0) is 16.9 Å². The number of hydrogen-bond acceptors (Lipinski definition) is 4. The Morgan fingerprint density at radius 1 is 1.69 bits per heavy atom. The Hall–Kier alpha value is -1.33. The van der Waals surface area contributed by atoms with Gasteiger partial charge in [-0.25, -0.2) is 4.79 Å². The molecule has 0 saturated heterocycles. The summed E-state index contributed by atoms with van der Waals surface area (Å²) in [5, 5.41) is 17.4. The number of carboxylic acid groups (broad SMARTS) is 1. The van der Waals surface area contributed by atoms with Crippen molar-refractivity contribution < 1.29 is 19.4 Å². The van der Waals surface area contributed by atoms with Gasteiger partial charge in [0.05, 0.1) is 0 Å². The number of aliphatic hydroxyl groups is 1. The summed E-state index contributed by atoms with van der Waals surface area (Å²) in [5.41, 5.74) is 3.93. The lowest BCUT2D eigenvalue weighted by Gasteiger charge is -2.15. The van der Waals surface area contributed by atoms with Gasteiger partial charge in [0.15, 0.2) is 5.54 Å². The molecule has 1 unspecified atom stereocenters. The molecule has 5 nitrogen and oxygen atoms in total. The molecule has 0 spiro atoms. The SMILES string of the molecule is CC(N)(C(=O)O)c1ccc(CO)o1. The molecule has 0 bridgehead atoms. The van der Waals surface area contributed by atoms with E-state index in [1.807, 2.05) is 0 Å². The van der Waals surface area contributed by atoms with Gasteiger partial charge in [-0.3, -0.25) is 0 Å². The summed E-state index contributed by atoms with van der Waals surface area (Å²) in [6.07, 6.45) is 0. The maximum Gasteiger partial charge on any atom is 0.331 e. The summed E-state index contributed by atoms with van der Waals surface area (Å²) >= 11 is 0. The van der Waals surface area contributed by atoms with Gasteiger partial charge in [0.2, 0.25) is 0 Å². The minimum atomic E-state index is -1.55. The first-order valence-corrected chi connectivity index (χ1v) is 3.71. The van der Waals surface area contributed by atoms with Crippen LogP contribution in [0.25, 0.3) is 0 Å². The van der Waals surface area contributed by atoms with E-state index in [-0.39, 0.29) is 12.4 Å². The summed E-state index contributed by atoms with van der Waals surface area (Å²) in [7, 11) is 0. The lowest BCUT2D eigenvalue weighted by atomic mass is 10.0. The van der Waals surface area contributed by atoms with Crippen LogP contribution in [-0.4, -0.2) is 16.2 Å². The maximum atomic E-state index is 10.7. The predicted molar refractivity (Wildman–Crippen MR) is 43.8 cm³/mol. The number of furan rings is 1. The Balaban J connectivity index is 3.00. The van der Waals surface area contributed by atoms with E-state index in [2.05, 4.69) is 0 Å². The second-order valence-corrected chi connectivity index (χ2v) is 2.93. The molecule has 0 amide bonds. The molecule has 5 heteroatoms. The first-order chi connectivity index (χ1) is 5.98. The van der Waals surface area contributed by atoms with Crippen LogP contribution in [0.2, 0.25) is 0 Å². The molecule has 1 heterocycles. The monoisotopic (exact) mass is 185 g/mol. The lowest BCUT2D eigenvalue weighted by Crippen LogP contribution is -2.41. The Bertz CT molecular complexity index is 316. The van der Waals surface area contributed by atoms with E-state index in [0.29, 0.717) is 5.76 Å². The lowest BCUT2D eigenvalue weighted by molar-refractivity contribution is -0.143. The van der Waals surface area contributed by atoms with E-state index in [0.717, 1.165) is 0 Å². The van der Waals surface area contributed by atoms with Gasteiger partial charge in [-0.15, -0.1) is 0 Å². The number of nitrogens with two attached hydrogens (primary N) is 1. The van der Waals surface area contributed by atoms with E-state index in [4.69, 9.17) is 20.4 Å². The smallest absolute Gasteiger partial charge is 0.331 e. The third-order valence-corrected chi connectivity index (χ3v) is 1.77. The van der Waals surface area contributed by atoms with Crippen LogP contribution < -0.4 is 5.73 Å². The van der Waals surface area contributed by atoms with Gasteiger partial charge in [-0.05, 0) is 19.1 Å². The molecule has 0 aliphatic rings. The highest BCUT2D eigenvalue weighted by atomic mass is 16.4. The topological polar surface area (TPSA) is 96.7 Å². The average molecular weight is 185 g/mol. The number of carbonyl (C=O) groups is 1. The fourth-order valence-corrected chi connectivity index (χ4v) is 0.847. The Morgan fingerprint density at radius 3 is 2.69 bits per heavy atom. The molecule has 0 aromatic carbocycles. The molecule has 4 N–H and O–H groups in total. The summed E-state index contributed by atoms with van der Waals surface area (Å²) in [6, 6.07) is 2.93. The third kappa shape index (κ3) is 1.71. The largest absolute Gasteiger partial charge is 0.480 e. The number of aliphatic hydroxyl groups excluding tert-OH is 1. The quantitative estimate of drug-likeness (QED) is 0.617. The van der Waals surface area contributed by atoms with Crippen molar-refractivity contribution in [2.75, 3.05) is 0 Å². The van der Waals surface area contributed by atoms with Crippen molar-refractivity contribution in [2.45, 2.75) is 19.1 Å². The molecule has 1 aromatic rings. The fraction of sp³-hybridized carbons (Fsp3) is 0.375. The van der Waals surface area contributed by atoms with E-state index >= 15 is 0 Å². The van der Waals surface area contributed by atoms with Crippen molar-refractivity contribution in [2.24, 2.45) is 5.73 Å². The highest BCUT2D eigenvalue weighted by Crippen LogP contribution is 2.20. The van der Waals surface area contributed by atoms with Crippen LogP contribution in [0.3, 0.4) is 0 Å². The molecule has 0 fully saturated rings. The molecule has 1 atom stereocenters. The van der Waals surface area contributed by atoms with Gasteiger partial charge in [0.25, 0.3) is 0 Å². The van der Waals surface area contributed by atoms with Gasteiger partial charge in [0.1, 0.15) is 18.1 Å². The maximum absolute atomic E-state index is 10.7. The van der Waals surface area contributed by atoms with Crippen molar-refractivity contribution in [1.82, 2.24) is 0 Å². The normalized spacial score (nSPS) is 15.3. The zero-order valence-corrected chi connectivity index (χ0v) is 7.15. The standard InChI is InChI=1S/C8H11NO4/c1-8(9,7(11)12)6-3-2-5(4-10)13-6/h2-3,10H,4,9H2,1H3,(H,11,12). The van der Waals surface area contributed by atoms with Gasteiger partial charge in [0, 0.05) is 0 Å². The van der Waals surface area contributed by atoms with E-state index in [9.17, 15) is 4.79 Å². The first kappa shape index (κ1) is 9.76. The number of carboxylic acids is 1. The third-order valence-electron chi connectivity index (χ3n) is 1.77. The van der Waals surface area contributed by atoms with Crippen molar-refractivity contribution >= 4 is 5.97 Å². The minimum Gasteiger partial charge on any atom is -0.480 e. The van der Waals surface area contributed by atoms with Crippen LogP contribution in [0.1, 0.15) is 18.4 Å². The van der Waals surface area contributed by atoms with Crippen LogP contribution in [0, 0.1) is 0 Å². The average Bonchev–Trinajstić information content (AvgIpc) is 2.51. The minimum absolute atomic E-state index is 0.129. The van der Waals surface area contributed by atoms with Crippen molar-refractivity contribution in [3.63, 3.8) is 0 Å². The highest BCUT2D eigenvalue weighted by molar-refractivity contribution is 5.78. The molecule has 0 aliphatic carbocycles. The summed E-state index contributed by atoms with van der Waals surface area (Å²) in [4.78, 5) is 10.7. The van der Waals surface area contributed by atoms with E-state index < -0.39 is 11.5 Å². The van der Waals surface area contributed by atoms with Crippen molar-refractivity contribution in [3.8, 4) is 0 Å². The number of rotatable bonds is 3. The highest BCUT2D eigenvalue weighted by Gasteiger charge is 2.33. The zero-order chi connectivity index (χ0) is 10.1. The summed E-state index contributed by atoms with van der Waals surface area (Å²) in [5.74, 6) is -0.747. The zero-order valence-electron chi connectivity index (χ0n) is 7.15. The Labute approximate surface area is 74.8 Å². The predicted octanol–water partition coefficient (Wildman–Crippen LogP) is 0.0304. The van der Waals surface area contributed by atoms with Crippen molar-refractivity contribution in [1.29, 1.82) is 0 Å². The van der Waals surface area contributed by atoms with E-state index in [1.54, 1.807) is 0 Å². The molecule has 13 heavy (non-hydrogen) atoms. The van der Waals surface area contributed by atoms with Gasteiger partial charge in [-0.2, -0.15) is 0 Å². The molecule has 72 valence electrons. The van der Waals surface area contributed by atoms with Crippen molar-refractivity contribution in [3.05, 3.63) is 23.7 Å². The van der Waals surface area contributed by atoms with Crippen LogP contribution in [0.4, 0.5) is 0 Å². The van der Waals surface area contributed by atoms with E-state index in [1.165, 1.54) is 19.1 Å². The van der Waals surface area contributed by atoms with Crippen LogP contribution >= 0.6 is 0 Å². The molecular formula is C8H11NO4. The van der Waals surface area contributed by atoms with Crippen LogP contribution in [0.15, 0.2) is 16.5 Å². The Kier molecular flexibility index (Phi) is 2.40. The summed E-state index contributed by atoms with van der Waals surface area (Å²) in [6.45, 7) is 1.06. The van der Waals surface area contributed by atoms with Crippen LogP contribution in [0.5, 0.6) is 0 Å². The molecule has 1 aromatic heterocycles. The van der Waals surface area contributed by atoms with Gasteiger partial charge < -0.3 is 20.4 Å². The molecule has 0 radical (unpaired) electrons.